The van der Waals surface area contributed by atoms with E-state index < -0.39 is 0 Å². The summed E-state index contributed by atoms with van der Waals surface area (Å²) < 4.78 is 0. The molecule has 0 bridgehead atoms. The van der Waals surface area contributed by atoms with Crippen molar-refractivity contribution in [1.82, 2.24) is 5.32 Å². The molecule has 0 saturated heterocycles. The minimum atomic E-state index is -0.00587. The maximum atomic E-state index is 11.8. The third-order valence-corrected chi connectivity index (χ3v) is 3.46. The van der Waals surface area contributed by atoms with Crippen molar-refractivity contribution in [2.75, 3.05) is 18.6 Å². The van der Waals surface area contributed by atoms with Crippen LogP contribution in [0.3, 0.4) is 0 Å². The molecule has 1 N–H and O–H groups in total. The highest BCUT2D eigenvalue weighted by Gasteiger charge is 2.04. The van der Waals surface area contributed by atoms with Crippen molar-refractivity contribution < 1.29 is 4.79 Å². The molecule has 2 aromatic rings. The molecular formula is C16H17NOS. The number of carbonyl (C=O) groups is 1. The van der Waals surface area contributed by atoms with Gasteiger partial charge >= 0.3 is 0 Å². The molecule has 0 spiro atoms. The van der Waals surface area contributed by atoms with Crippen molar-refractivity contribution in [3.05, 3.63) is 60.2 Å². The molecule has 0 unspecified atom stereocenters. The molecule has 0 saturated carbocycles. The van der Waals surface area contributed by atoms with E-state index in [2.05, 4.69) is 17.4 Å². The summed E-state index contributed by atoms with van der Waals surface area (Å²) in [6, 6.07) is 17.9. The van der Waals surface area contributed by atoms with Crippen molar-refractivity contribution in [1.29, 1.82) is 0 Å². The van der Waals surface area contributed by atoms with E-state index in [1.54, 1.807) is 11.8 Å². The number of nitrogens with one attached hydrogen (secondary N) is 1. The molecule has 0 aliphatic rings. The number of benzene rings is 2. The maximum Gasteiger partial charge on any atom is 0.251 e. The Morgan fingerprint density at radius 3 is 2.26 bits per heavy atom. The van der Waals surface area contributed by atoms with Gasteiger partial charge in [-0.1, -0.05) is 42.5 Å². The Morgan fingerprint density at radius 2 is 1.63 bits per heavy atom. The SMILES string of the molecule is CSCCNC(=O)c1ccc(-c2ccccc2)cc1. The van der Waals surface area contributed by atoms with Crippen LogP contribution in [0.25, 0.3) is 11.1 Å². The molecule has 0 radical (unpaired) electrons. The highest BCUT2D eigenvalue weighted by molar-refractivity contribution is 7.98. The van der Waals surface area contributed by atoms with Gasteiger partial charge in [0.2, 0.25) is 0 Å². The Bertz CT molecular complexity index is 522. The zero-order chi connectivity index (χ0) is 13.5. The smallest absolute Gasteiger partial charge is 0.251 e. The van der Waals surface area contributed by atoms with Gasteiger partial charge in [-0.15, -0.1) is 0 Å². The lowest BCUT2D eigenvalue weighted by Crippen LogP contribution is -2.25. The first-order chi connectivity index (χ1) is 9.31. The normalized spacial score (nSPS) is 10.2. The number of rotatable bonds is 5. The number of amides is 1. The molecule has 0 aromatic heterocycles. The molecule has 98 valence electrons. The van der Waals surface area contributed by atoms with Crippen LogP contribution in [0, 0.1) is 0 Å². The summed E-state index contributed by atoms with van der Waals surface area (Å²) >= 11 is 1.72. The molecule has 3 heteroatoms. The zero-order valence-corrected chi connectivity index (χ0v) is 11.7. The van der Waals surface area contributed by atoms with Crippen LogP contribution < -0.4 is 5.32 Å². The highest BCUT2D eigenvalue weighted by atomic mass is 32.2. The Balaban J connectivity index is 2.04. The fourth-order valence-corrected chi connectivity index (χ4v) is 2.12. The predicted octanol–water partition coefficient (Wildman–Crippen LogP) is 3.45. The molecule has 0 aliphatic heterocycles. The lowest BCUT2D eigenvalue weighted by Gasteiger charge is -2.05. The van der Waals surface area contributed by atoms with Crippen molar-refractivity contribution in [3.63, 3.8) is 0 Å². The lowest BCUT2D eigenvalue weighted by atomic mass is 10.0. The monoisotopic (exact) mass is 271 g/mol. The average Bonchev–Trinajstić information content (AvgIpc) is 2.48. The second-order valence-electron chi connectivity index (χ2n) is 4.19. The third kappa shape index (κ3) is 3.86. The first-order valence-electron chi connectivity index (χ1n) is 6.24. The van der Waals surface area contributed by atoms with Crippen LogP contribution in [0.5, 0.6) is 0 Å². The Hall–Kier alpha value is -1.74. The third-order valence-electron chi connectivity index (χ3n) is 2.85. The van der Waals surface area contributed by atoms with Crippen LogP contribution in [0.15, 0.2) is 54.6 Å². The van der Waals surface area contributed by atoms with E-state index >= 15 is 0 Å². The van der Waals surface area contributed by atoms with Crippen molar-refractivity contribution in [3.8, 4) is 11.1 Å². The van der Waals surface area contributed by atoms with E-state index in [1.165, 1.54) is 0 Å². The number of hydrogen-bond acceptors (Lipinski definition) is 2. The quantitative estimate of drug-likeness (QED) is 0.844. The summed E-state index contributed by atoms with van der Waals surface area (Å²) in [4.78, 5) is 11.8. The van der Waals surface area contributed by atoms with Crippen LogP contribution in [0.4, 0.5) is 0 Å². The molecular weight excluding hydrogens is 254 g/mol. The van der Waals surface area contributed by atoms with Crippen LogP contribution in [0.2, 0.25) is 0 Å². The molecule has 2 aromatic carbocycles. The summed E-state index contributed by atoms with van der Waals surface area (Å²) in [5, 5.41) is 2.90. The van der Waals surface area contributed by atoms with Gasteiger partial charge < -0.3 is 5.32 Å². The summed E-state index contributed by atoms with van der Waals surface area (Å²) in [6.07, 6.45) is 2.03. The molecule has 19 heavy (non-hydrogen) atoms. The average molecular weight is 271 g/mol. The topological polar surface area (TPSA) is 29.1 Å². The van der Waals surface area contributed by atoms with Crippen LogP contribution >= 0.6 is 11.8 Å². The van der Waals surface area contributed by atoms with E-state index in [9.17, 15) is 4.79 Å². The van der Waals surface area contributed by atoms with Gasteiger partial charge in [-0.25, -0.2) is 0 Å². The van der Waals surface area contributed by atoms with E-state index in [-0.39, 0.29) is 5.91 Å². The standard InChI is InChI=1S/C16H17NOS/c1-19-12-11-17-16(18)15-9-7-14(8-10-15)13-5-3-2-4-6-13/h2-10H,11-12H2,1H3,(H,17,18). The van der Waals surface area contributed by atoms with Crippen LogP contribution in [0.1, 0.15) is 10.4 Å². The lowest BCUT2D eigenvalue weighted by molar-refractivity contribution is 0.0956. The minimum Gasteiger partial charge on any atom is -0.351 e. The van der Waals surface area contributed by atoms with E-state index in [0.717, 1.165) is 16.9 Å². The fourth-order valence-electron chi connectivity index (χ4n) is 1.81. The molecule has 0 fully saturated rings. The Morgan fingerprint density at radius 1 is 1.00 bits per heavy atom. The molecule has 0 aliphatic carbocycles. The summed E-state index contributed by atoms with van der Waals surface area (Å²) in [7, 11) is 0. The summed E-state index contributed by atoms with van der Waals surface area (Å²) in [5.74, 6) is 0.932. The Labute approximate surface area is 118 Å². The minimum absolute atomic E-state index is 0.00587. The van der Waals surface area contributed by atoms with Crippen LogP contribution in [-0.2, 0) is 0 Å². The largest absolute Gasteiger partial charge is 0.351 e. The number of carbonyl (C=O) groups excluding carboxylic acids is 1. The number of hydrogen-bond donors (Lipinski definition) is 1. The van der Waals surface area contributed by atoms with Crippen molar-refractivity contribution in [2.45, 2.75) is 0 Å². The fraction of sp³-hybridized carbons (Fsp3) is 0.188. The second kappa shape index (κ2) is 7.00. The molecule has 2 nitrogen and oxygen atoms in total. The second-order valence-corrected chi connectivity index (χ2v) is 5.18. The number of thioether (sulfide) groups is 1. The van der Waals surface area contributed by atoms with Crippen LogP contribution in [-0.4, -0.2) is 24.5 Å². The first kappa shape index (κ1) is 13.7. The molecule has 2 rings (SSSR count). The predicted molar refractivity (Wildman–Crippen MR) is 82.6 cm³/mol. The van der Waals surface area contributed by atoms with Gasteiger partial charge in [-0.3, -0.25) is 4.79 Å². The van der Waals surface area contributed by atoms with Crippen molar-refractivity contribution in [2.24, 2.45) is 0 Å². The molecule has 0 atom stereocenters. The Kier molecular flexibility index (Phi) is 5.04. The van der Waals surface area contributed by atoms with Gasteiger partial charge in [-0.05, 0) is 29.5 Å². The van der Waals surface area contributed by atoms with E-state index in [4.69, 9.17) is 0 Å². The molecule has 0 heterocycles. The van der Waals surface area contributed by atoms with Gasteiger partial charge in [-0.2, -0.15) is 11.8 Å². The zero-order valence-electron chi connectivity index (χ0n) is 10.9. The van der Waals surface area contributed by atoms with Gasteiger partial charge in [0.1, 0.15) is 0 Å². The highest BCUT2D eigenvalue weighted by Crippen LogP contribution is 2.19. The van der Waals surface area contributed by atoms with Gasteiger partial charge in [0.15, 0.2) is 0 Å². The van der Waals surface area contributed by atoms with Gasteiger partial charge in [0.05, 0.1) is 0 Å². The van der Waals surface area contributed by atoms with Gasteiger partial charge in [0, 0.05) is 17.9 Å². The summed E-state index contributed by atoms with van der Waals surface area (Å²) in [5.41, 5.74) is 3.00. The summed E-state index contributed by atoms with van der Waals surface area (Å²) in [6.45, 7) is 0.709. The van der Waals surface area contributed by atoms with E-state index in [1.807, 2.05) is 48.7 Å². The maximum absolute atomic E-state index is 11.8. The molecule has 1 amide bonds. The van der Waals surface area contributed by atoms with Gasteiger partial charge in [0.25, 0.3) is 5.91 Å². The van der Waals surface area contributed by atoms with Crippen molar-refractivity contribution >= 4 is 17.7 Å². The van der Waals surface area contributed by atoms with E-state index in [0.29, 0.717) is 12.1 Å². The first-order valence-corrected chi connectivity index (χ1v) is 7.63.